The van der Waals surface area contributed by atoms with Gasteiger partial charge < -0.3 is 4.74 Å². The summed E-state index contributed by atoms with van der Waals surface area (Å²) >= 11 is 0. The third-order valence-electron chi connectivity index (χ3n) is 7.02. The van der Waals surface area contributed by atoms with Crippen LogP contribution in [-0.2, 0) is 16.2 Å². The molecule has 2 aliphatic rings. The minimum absolute atomic E-state index is 0.0117. The molecule has 4 nitrogen and oxygen atoms in total. The van der Waals surface area contributed by atoms with Gasteiger partial charge in [0.2, 0.25) is 0 Å². The zero-order valence-corrected chi connectivity index (χ0v) is 19.5. The number of alkyl halides is 5. The first-order valence-corrected chi connectivity index (χ1v) is 12.6. The Kier molecular flexibility index (Phi) is 6.56. The molecule has 2 aromatic rings. The minimum atomic E-state index is -4.70. The van der Waals surface area contributed by atoms with Crippen LogP contribution in [0, 0.1) is 11.8 Å². The Bertz CT molecular complexity index is 1150. The maximum atomic E-state index is 15.4. The maximum absolute atomic E-state index is 15.4. The van der Waals surface area contributed by atoms with E-state index >= 15 is 4.39 Å². The first kappa shape index (κ1) is 24.8. The van der Waals surface area contributed by atoms with Crippen molar-refractivity contribution in [3.05, 3.63) is 53.6 Å². The Morgan fingerprint density at radius 1 is 1.00 bits per heavy atom. The standard InChI is InChI=1S/C24H26F5NO3S/c1-14-15(2)23(26)19(7-8-20(14)25)16-6-9-22-21(12-16)30(10-11-33-22)34(31,32)18-5-3-4-17(13-18)24(27,28)29/h3-6,9,12-15,19-20,23H,7-8,10-11H2,1-2H3. The number of hydrogen-bond acceptors (Lipinski definition) is 3. The smallest absolute Gasteiger partial charge is 0.416 e. The predicted octanol–water partition coefficient (Wildman–Crippen LogP) is 6.12. The normalized spacial score (nSPS) is 28.1. The van der Waals surface area contributed by atoms with Crippen LogP contribution in [0.1, 0.15) is 43.7 Å². The van der Waals surface area contributed by atoms with Gasteiger partial charge in [-0.25, -0.2) is 17.2 Å². The number of rotatable bonds is 3. The van der Waals surface area contributed by atoms with Crippen LogP contribution in [0.2, 0.25) is 0 Å². The molecule has 34 heavy (non-hydrogen) atoms. The fourth-order valence-corrected chi connectivity index (χ4v) is 6.25. The van der Waals surface area contributed by atoms with Gasteiger partial charge in [-0.2, -0.15) is 13.2 Å². The number of ether oxygens (including phenoxy) is 1. The van der Waals surface area contributed by atoms with Crippen LogP contribution in [0.4, 0.5) is 27.6 Å². The van der Waals surface area contributed by atoms with E-state index in [1.165, 1.54) is 12.1 Å². The Morgan fingerprint density at radius 2 is 1.74 bits per heavy atom. The number of anilines is 1. The Labute approximate surface area is 195 Å². The quantitative estimate of drug-likeness (QED) is 0.375. The van der Waals surface area contributed by atoms with Crippen molar-refractivity contribution in [3.63, 3.8) is 0 Å². The number of benzene rings is 2. The Hall–Kier alpha value is -2.36. The molecule has 2 aromatic carbocycles. The second-order valence-corrected chi connectivity index (χ2v) is 10.9. The summed E-state index contributed by atoms with van der Waals surface area (Å²) in [7, 11) is -4.36. The summed E-state index contributed by atoms with van der Waals surface area (Å²) < 4.78 is 103. The zero-order valence-electron chi connectivity index (χ0n) is 18.7. The fourth-order valence-electron chi connectivity index (χ4n) is 4.75. The van der Waals surface area contributed by atoms with E-state index in [0.29, 0.717) is 11.6 Å². The second-order valence-electron chi connectivity index (χ2n) is 9.04. The van der Waals surface area contributed by atoms with E-state index in [-0.39, 0.29) is 37.4 Å². The van der Waals surface area contributed by atoms with E-state index in [9.17, 15) is 26.0 Å². The van der Waals surface area contributed by atoms with Gasteiger partial charge in [0.15, 0.2) is 0 Å². The highest BCUT2D eigenvalue weighted by atomic mass is 32.2. The van der Waals surface area contributed by atoms with Gasteiger partial charge in [-0.3, -0.25) is 4.31 Å². The first-order valence-electron chi connectivity index (χ1n) is 11.2. The van der Waals surface area contributed by atoms with Crippen molar-refractivity contribution in [2.45, 2.75) is 56.0 Å². The van der Waals surface area contributed by atoms with Crippen LogP contribution >= 0.6 is 0 Å². The van der Waals surface area contributed by atoms with Crippen molar-refractivity contribution in [1.82, 2.24) is 0 Å². The van der Waals surface area contributed by atoms with Gasteiger partial charge in [0.05, 0.1) is 22.7 Å². The monoisotopic (exact) mass is 503 g/mol. The molecule has 0 N–H and O–H groups in total. The average molecular weight is 504 g/mol. The highest BCUT2D eigenvalue weighted by Gasteiger charge is 2.40. The average Bonchev–Trinajstić information content (AvgIpc) is 2.90. The predicted molar refractivity (Wildman–Crippen MR) is 118 cm³/mol. The summed E-state index contributed by atoms with van der Waals surface area (Å²) in [6.07, 6.45) is -6.70. The third-order valence-corrected chi connectivity index (χ3v) is 8.83. The van der Waals surface area contributed by atoms with Gasteiger partial charge in [0, 0.05) is 5.92 Å². The van der Waals surface area contributed by atoms with Gasteiger partial charge in [0.1, 0.15) is 24.7 Å². The van der Waals surface area contributed by atoms with E-state index in [0.717, 1.165) is 22.5 Å². The lowest BCUT2D eigenvalue weighted by atomic mass is 9.83. The van der Waals surface area contributed by atoms with Crippen molar-refractivity contribution in [2.24, 2.45) is 11.8 Å². The SMILES string of the molecule is CC1C(F)CCC(c2ccc3c(c2)N(S(=O)(=O)c2cccc(C(F)(F)F)c2)CCO3)C(F)C1C. The third kappa shape index (κ3) is 4.48. The Morgan fingerprint density at radius 3 is 2.44 bits per heavy atom. The van der Waals surface area contributed by atoms with Crippen molar-refractivity contribution < 1.29 is 35.1 Å². The lowest BCUT2D eigenvalue weighted by Gasteiger charge is -2.32. The highest BCUT2D eigenvalue weighted by molar-refractivity contribution is 7.92. The molecule has 0 spiro atoms. The molecule has 0 bridgehead atoms. The molecule has 0 aromatic heterocycles. The van der Waals surface area contributed by atoms with E-state index in [1.54, 1.807) is 19.9 Å². The van der Waals surface area contributed by atoms with Crippen LogP contribution in [0.3, 0.4) is 0 Å². The molecule has 1 aliphatic carbocycles. The van der Waals surface area contributed by atoms with E-state index in [4.69, 9.17) is 4.74 Å². The minimum Gasteiger partial charge on any atom is -0.489 e. The van der Waals surface area contributed by atoms with Gasteiger partial charge >= 0.3 is 6.18 Å². The Balaban J connectivity index is 1.73. The molecule has 0 amide bonds. The molecule has 4 rings (SSSR count). The second kappa shape index (κ2) is 9.02. The highest BCUT2D eigenvalue weighted by Crippen LogP contribution is 2.44. The number of nitrogens with zero attached hydrogens (tertiary/aromatic N) is 1. The molecule has 0 saturated heterocycles. The molecule has 1 fully saturated rings. The summed E-state index contributed by atoms with van der Waals surface area (Å²) in [6, 6.07) is 8.25. The molecule has 1 saturated carbocycles. The van der Waals surface area contributed by atoms with Crippen LogP contribution < -0.4 is 9.04 Å². The number of halogens is 5. The van der Waals surface area contributed by atoms with Gasteiger partial charge in [-0.15, -0.1) is 0 Å². The van der Waals surface area contributed by atoms with Crippen molar-refractivity contribution >= 4 is 15.7 Å². The molecular formula is C24H26F5NO3S. The lowest BCUT2D eigenvalue weighted by molar-refractivity contribution is -0.137. The molecule has 1 aliphatic heterocycles. The van der Waals surface area contributed by atoms with Crippen molar-refractivity contribution in [2.75, 3.05) is 17.5 Å². The maximum Gasteiger partial charge on any atom is 0.416 e. The summed E-state index contributed by atoms with van der Waals surface area (Å²) in [5, 5.41) is 0. The largest absolute Gasteiger partial charge is 0.489 e. The van der Waals surface area contributed by atoms with E-state index < -0.39 is 56.8 Å². The summed E-state index contributed by atoms with van der Waals surface area (Å²) in [6.45, 7) is 3.26. The summed E-state index contributed by atoms with van der Waals surface area (Å²) in [4.78, 5) is -0.499. The first-order chi connectivity index (χ1) is 15.9. The summed E-state index contributed by atoms with van der Waals surface area (Å²) in [5.74, 6) is -1.37. The van der Waals surface area contributed by atoms with Crippen LogP contribution in [0.15, 0.2) is 47.4 Å². The molecule has 5 unspecified atom stereocenters. The number of fused-ring (bicyclic) bond motifs is 1. The topological polar surface area (TPSA) is 46.6 Å². The molecule has 0 radical (unpaired) electrons. The van der Waals surface area contributed by atoms with Gasteiger partial charge in [0.25, 0.3) is 10.0 Å². The zero-order chi connectivity index (χ0) is 24.8. The number of hydrogen-bond donors (Lipinski definition) is 0. The molecule has 5 atom stereocenters. The van der Waals surface area contributed by atoms with Crippen LogP contribution in [-0.4, -0.2) is 33.9 Å². The fraction of sp³-hybridized carbons (Fsp3) is 0.500. The molecule has 186 valence electrons. The molecule has 10 heteroatoms. The van der Waals surface area contributed by atoms with E-state index in [1.807, 2.05) is 0 Å². The van der Waals surface area contributed by atoms with E-state index in [2.05, 4.69) is 0 Å². The lowest BCUT2D eigenvalue weighted by Crippen LogP contribution is -2.38. The number of sulfonamides is 1. The van der Waals surface area contributed by atoms with Gasteiger partial charge in [-0.1, -0.05) is 26.0 Å². The van der Waals surface area contributed by atoms with Gasteiger partial charge in [-0.05, 0) is 60.6 Å². The van der Waals surface area contributed by atoms with Crippen molar-refractivity contribution in [1.29, 1.82) is 0 Å². The summed E-state index contributed by atoms with van der Waals surface area (Å²) in [5.41, 5.74) is -0.428. The van der Waals surface area contributed by atoms with Crippen LogP contribution in [0.5, 0.6) is 5.75 Å². The molecular weight excluding hydrogens is 477 g/mol. The van der Waals surface area contributed by atoms with Crippen molar-refractivity contribution in [3.8, 4) is 5.75 Å². The van der Waals surface area contributed by atoms with Crippen LogP contribution in [0.25, 0.3) is 0 Å². The molecule has 1 heterocycles.